The van der Waals surface area contributed by atoms with Crippen LogP contribution in [0.2, 0.25) is 0 Å². The monoisotopic (exact) mass is 133 g/mol. The Morgan fingerprint density at radius 3 is 2.67 bits per heavy atom. The van der Waals surface area contributed by atoms with Gasteiger partial charge in [0.25, 0.3) is 0 Å². The van der Waals surface area contributed by atoms with Gasteiger partial charge in [0.2, 0.25) is 0 Å². The molecular weight excluding hydrogens is 118 g/mol. The number of hydrogen-bond donors (Lipinski definition) is 3. The Morgan fingerprint density at radius 2 is 2.22 bits per heavy atom. The predicted molar refractivity (Wildman–Crippen MR) is 36.0 cm³/mol. The third kappa shape index (κ3) is 5.76. The molecule has 0 aliphatic heterocycles. The molecular formula is C6H15NO2. The van der Waals surface area contributed by atoms with Gasteiger partial charge in [0.1, 0.15) is 6.23 Å². The van der Waals surface area contributed by atoms with Crippen molar-refractivity contribution >= 4 is 0 Å². The minimum atomic E-state index is -0.406. The van der Waals surface area contributed by atoms with Crippen LogP contribution in [0.1, 0.15) is 19.8 Å². The molecule has 0 saturated carbocycles. The van der Waals surface area contributed by atoms with E-state index in [9.17, 15) is 0 Å². The molecule has 0 heterocycles. The van der Waals surface area contributed by atoms with Gasteiger partial charge in [-0.05, 0) is 19.4 Å². The third-order valence-electron chi connectivity index (χ3n) is 1.10. The van der Waals surface area contributed by atoms with Gasteiger partial charge in [0, 0.05) is 6.61 Å². The highest BCUT2D eigenvalue weighted by atomic mass is 16.3. The van der Waals surface area contributed by atoms with Gasteiger partial charge < -0.3 is 10.2 Å². The Morgan fingerprint density at radius 1 is 1.56 bits per heavy atom. The molecule has 3 N–H and O–H groups in total. The third-order valence-corrected chi connectivity index (χ3v) is 1.10. The average Bonchev–Trinajstić information content (AvgIpc) is 1.89. The molecule has 0 aromatic heterocycles. The minimum Gasteiger partial charge on any atom is -0.396 e. The Balaban J connectivity index is 2.88. The van der Waals surface area contributed by atoms with E-state index in [-0.39, 0.29) is 6.61 Å². The largest absolute Gasteiger partial charge is 0.396 e. The molecule has 1 unspecified atom stereocenters. The van der Waals surface area contributed by atoms with Crippen LogP contribution in [-0.2, 0) is 0 Å². The van der Waals surface area contributed by atoms with E-state index >= 15 is 0 Å². The fourth-order valence-corrected chi connectivity index (χ4v) is 0.492. The molecule has 0 bridgehead atoms. The van der Waals surface area contributed by atoms with Crippen LogP contribution >= 0.6 is 0 Å². The summed E-state index contributed by atoms with van der Waals surface area (Å²) in [5.74, 6) is 0. The number of rotatable bonds is 5. The summed E-state index contributed by atoms with van der Waals surface area (Å²) in [6.07, 6.45) is 1.01. The number of aliphatic hydroxyl groups is 2. The van der Waals surface area contributed by atoms with E-state index in [4.69, 9.17) is 10.2 Å². The van der Waals surface area contributed by atoms with Crippen LogP contribution in [-0.4, -0.2) is 29.6 Å². The van der Waals surface area contributed by atoms with E-state index < -0.39 is 6.23 Å². The van der Waals surface area contributed by atoms with Crippen molar-refractivity contribution in [1.29, 1.82) is 0 Å². The summed E-state index contributed by atoms with van der Waals surface area (Å²) in [5.41, 5.74) is 0. The van der Waals surface area contributed by atoms with Crippen LogP contribution in [0.5, 0.6) is 0 Å². The first-order valence-electron chi connectivity index (χ1n) is 3.33. The number of aliphatic hydroxyl groups excluding tert-OH is 2. The first-order valence-corrected chi connectivity index (χ1v) is 3.33. The van der Waals surface area contributed by atoms with E-state index in [2.05, 4.69) is 5.32 Å². The fourth-order valence-electron chi connectivity index (χ4n) is 0.492. The summed E-state index contributed by atoms with van der Waals surface area (Å²) in [6, 6.07) is 0. The topological polar surface area (TPSA) is 52.5 Å². The van der Waals surface area contributed by atoms with Crippen LogP contribution in [0, 0.1) is 0 Å². The van der Waals surface area contributed by atoms with Gasteiger partial charge in [0.05, 0.1) is 0 Å². The second-order valence-electron chi connectivity index (χ2n) is 1.96. The van der Waals surface area contributed by atoms with Gasteiger partial charge >= 0.3 is 0 Å². The minimum absolute atomic E-state index is 0.184. The smallest absolute Gasteiger partial charge is 0.104 e. The molecule has 0 aliphatic rings. The quantitative estimate of drug-likeness (QED) is 0.356. The van der Waals surface area contributed by atoms with Crippen LogP contribution in [0.15, 0.2) is 0 Å². The zero-order chi connectivity index (χ0) is 7.11. The molecule has 56 valence electrons. The van der Waals surface area contributed by atoms with Crippen molar-refractivity contribution < 1.29 is 10.2 Å². The standard InChI is InChI=1S/C6H15NO2/c1-2-6(9)7-4-3-5-8/h6-9H,2-5H2,1H3. The number of hydrogen-bond acceptors (Lipinski definition) is 3. The van der Waals surface area contributed by atoms with E-state index in [1.165, 1.54) is 0 Å². The Kier molecular flexibility index (Phi) is 5.93. The molecule has 0 rings (SSSR count). The van der Waals surface area contributed by atoms with E-state index in [0.29, 0.717) is 19.4 Å². The first-order chi connectivity index (χ1) is 4.31. The second-order valence-corrected chi connectivity index (χ2v) is 1.96. The second kappa shape index (κ2) is 6.01. The first kappa shape index (κ1) is 8.88. The van der Waals surface area contributed by atoms with Crippen molar-refractivity contribution in [1.82, 2.24) is 5.32 Å². The highest BCUT2D eigenvalue weighted by Gasteiger charge is 1.95. The SMILES string of the molecule is CCC(O)NCCCO. The van der Waals surface area contributed by atoms with E-state index in [1.54, 1.807) is 0 Å². The Hall–Kier alpha value is -0.120. The zero-order valence-corrected chi connectivity index (χ0v) is 5.80. The van der Waals surface area contributed by atoms with Gasteiger partial charge in [-0.3, -0.25) is 5.32 Å². The Bertz CT molecular complexity index is 59.0. The van der Waals surface area contributed by atoms with E-state index in [0.717, 1.165) is 0 Å². The average molecular weight is 133 g/mol. The molecule has 3 heteroatoms. The van der Waals surface area contributed by atoms with Crippen molar-refractivity contribution in [3.63, 3.8) is 0 Å². The summed E-state index contributed by atoms with van der Waals surface area (Å²) in [7, 11) is 0. The van der Waals surface area contributed by atoms with Gasteiger partial charge in [0.15, 0.2) is 0 Å². The zero-order valence-electron chi connectivity index (χ0n) is 5.80. The molecule has 0 saturated heterocycles. The molecule has 0 spiro atoms. The maximum absolute atomic E-state index is 8.89. The molecule has 0 aromatic carbocycles. The summed E-state index contributed by atoms with van der Waals surface area (Å²) in [4.78, 5) is 0. The van der Waals surface area contributed by atoms with Crippen molar-refractivity contribution in [2.45, 2.75) is 26.0 Å². The normalized spacial score (nSPS) is 13.7. The van der Waals surface area contributed by atoms with Crippen molar-refractivity contribution in [2.75, 3.05) is 13.2 Å². The maximum atomic E-state index is 8.89. The van der Waals surface area contributed by atoms with Gasteiger partial charge in [-0.15, -0.1) is 0 Å². The van der Waals surface area contributed by atoms with Crippen molar-refractivity contribution in [3.8, 4) is 0 Å². The van der Waals surface area contributed by atoms with E-state index in [1.807, 2.05) is 6.92 Å². The van der Waals surface area contributed by atoms with Crippen LogP contribution in [0.4, 0.5) is 0 Å². The lowest BCUT2D eigenvalue weighted by Crippen LogP contribution is -2.29. The molecule has 0 aliphatic carbocycles. The molecule has 0 fully saturated rings. The molecule has 0 amide bonds. The highest BCUT2D eigenvalue weighted by molar-refractivity contribution is 4.48. The highest BCUT2D eigenvalue weighted by Crippen LogP contribution is 1.83. The summed E-state index contributed by atoms with van der Waals surface area (Å²) >= 11 is 0. The lowest BCUT2D eigenvalue weighted by atomic mass is 10.4. The fraction of sp³-hybridized carbons (Fsp3) is 1.00. The summed E-state index contributed by atoms with van der Waals surface area (Å²) in [5, 5.41) is 20.1. The van der Waals surface area contributed by atoms with Crippen molar-refractivity contribution in [3.05, 3.63) is 0 Å². The van der Waals surface area contributed by atoms with Crippen LogP contribution < -0.4 is 5.32 Å². The summed E-state index contributed by atoms with van der Waals surface area (Å²) in [6.45, 7) is 2.77. The molecule has 0 radical (unpaired) electrons. The lowest BCUT2D eigenvalue weighted by molar-refractivity contribution is 0.130. The van der Waals surface area contributed by atoms with Gasteiger partial charge in [-0.1, -0.05) is 6.92 Å². The number of nitrogens with one attached hydrogen (secondary N) is 1. The van der Waals surface area contributed by atoms with Gasteiger partial charge in [-0.25, -0.2) is 0 Å². The maximum Gasteiger partial charge on any atom is 0.104 e. The van der Waals surface area contributed by atoms with Gasteiger partial charge in [-0.2, -0.15) is 0 Å². The summed E-state index contributed by atoms with van der Waals surface area (Å²) < 4.78 is 0. The lowest BCUT2D eigenvalue weighted by Gasteiger charge is -2.08. The van der Waals surface area contributed by atoms with Crippen LogP contribution in [0.25, 0.3) is 0 Å². The van der Waals surface area contributed by atoms with Crippen molar-refractivity contribution in [2.24, 2.45) is 0 Å². The molecule has 1 atom stereocenters. The molecule has 0 aromatic rings. The molecule has 9 heavy (non-hydrogen) atoms. The Labute approximate surface area is 55.7 Å². The van der Waals surface area contributed by atoms with Crippen LogP contribution in [0.3, 0.4) is 0 Å². The predicted octanol–water partition coefficient (Wildman–Crippen LogP) is -0.313. The molecule has 3 nitrogen and oxygen atoms in total.